The largest absolute Gasteiger partial charge is 0.497 e. The highest BCUT2D eigenvalue weighted by Gasteiger charge is 2.50. The normalized spacial score (nSPS) is 19.8. The Kier molecular flexibility index (Phi) is 9.20. The van der Waals surface area contributed by atoms with E-state index < -0.39 is 49.1 Å². The first kappa shape index (κ1) is 28.4. The zero-order chi connectivity index (χ0) is 28.6. The maximum Gasteiger partial charge on any atom is 0.338 e. The monoisotopic (exact) mass is 552 g/mol. The summed E-state index contributed by atoms with van der Waals surface area (Å²) in [6.45, 7) is -0.404. The Labute approximate surface area is 230 Å². The van der Waals surface area contributed by atoms with Crippen LogP contribution in [-0.4, -0.2) is 75.6 Å². The molecule has 3 aromatic carbocycles. The van der Waals surface area contributed by atoms with Crippen LogP contribution in [0.15, 0.2) is 72.8 Å². The van der Waals surface area contributed by atoms with Crippen LogP contribution in [0.25, 0.3) is 0 Å². The van der Waals surface area contributed by atoms with Crippen molar-refractivity contribution in [1.29, 1.82) is 0 Å². The van der Waals surface area contributed by atoms with Crippen LogP contribution in [0.1, 0.15) is 31.1 Å². The zero-order valence-corrected chi connectivity index (χ0v) is 22.0. The smallest absolute Gasteiger partial charge is 0.338 e. The molecule has 4 rings (SSSR count). The Morgan fingerprint density at radius 1 is 0.625 bits per heavy atom. The quantitative estimate of drug-likeness (QED) is 0.294. The van der Waals surface area contributed by atoms with E-state index in [1.807, 2.05) is 0 Å². The molecular weight excluding hydrogens is 524 g/mol. The lowest BCUT2D eigenvalue weighted by atomic mass is 10.1. The van der Waals surface area contributed by atoms with E-state index in [0.29, 0.717) is 17.2 Å². The van der Waals surface area contributed by atoms with Crippen LogP contribution < -0.4 is 14.2 Å². The van der Waals surface area contributed by atoms with Crippen LogP contribution in [0.5, 0.6) is 17.2 Å². The van der Waals surface area contributed by atoms with E-state index in [4.69, 9.17) is 33.2 Å². The standard InChI is InChI=1S/C29H28O11/c1-34-20-10-4-17(5-11-20)26(30)37-16-23-24(39-27(31)18-6-12-21(35-2)13-7-18)25(29(33)38-23)40-28(32)19-8-14-22(36-3)15-9-19/h4-15,23-25,29,33H,16H2,1-3H3. The molecule has 0 bridgehead atoms. The lowest BCUT2D eigenvalue weighted by Crippen LogP contribution is -2.42. The van der Waals surface area contributed by atoms with Crippen molar-refractivity contribution >= 4 is 17.9 Å². The van der Waals surface area contributed by atoms with Gasteiger partial charge in [0, 0.05) is 0 Å². The van der Waals surface area contributed by atoms with Gasteiger partial charge in [-0.15, -0.1) is 0 Å². The van der Waals surface area contributed by atoms with Gasteiger partial charge in [0.2, 0.25) is 0 Å². The molecule has 40 heavy (non-hydrogen) atoms. The van der Waals surface area contributed by atoms with Gasteiger partial charge in [0.25, 0.3) is 0 Å². The minimum atomic E-state index is -1.67. The molecular formula is C29H28O11. The predicted octanol–water partition coefficient (Wildman–Crippen LogP) is 3.04. The summed E-state index contributed by atoms with van der Waals surface area (Å²) in [5.74, 6) is -0.624. The fourth-order valence-electron chi connectivity index (χ4n) is 3.92. The highest BCUT2D eigenvalue weighted by atomic mass is 16.7. The van der Waals surface area contributed by atoms with Crippen LogP contribution in [0.3, 0.4) is 0 Å². The second-order valence-electron chi connectivity index (χ2n) is 8.59. The van der Waals surface area contributed by atoms with Crippen LogP contribution in [-0.2, 0) is 18.9 Å². The van der Waals surface area contributed by atoms with Crippen molar-refractivity contribution in [2.24, 2.45) is 0 Å². The Hall–Kier alpha value is -4.61. The first-order chi connectivity index (χ1) is 19.3. The number of aliphatic hydroxyl groups is 1. The van der Waals surface area contributed by atoms with Crippen molar-refractivity contribution in [3.8, 4) is 17.2 Å². The number of hydrogen-bond acceptors (Lipinski definition) is 11. The van der Waals surface area contributed by atoms with Crippen molar-refractivity contribution in [2.45, 2.75) is 24.6 Å². The summed E-state index contributed by atoms with van der Waals surface area (Å²) in [4.78, 5) is 38.4. The summed E-state index contributed by atoms with van der Waals surface area (Å²) < 4.78 is 37.3. The SMILES string of the molecule is COc1ccc(C(=O)OCC2OC(O)C(OC(=O)c3ccc(OC)cc3)C2OC(=O)c2ccc(OC)cc2)cc1. The second-order valence-corrected chi connectivity index (χ2v) is 8.59. The van der Waals surface area contributed by atoms with Crippen LogP contribution >= 0.6 is 0 Å². The molecule has 4 atom stereocenters. The molecule has 11 nitrogen and oxygen atoms in total. The molecule has 210 valence electrons. The molecule has 0 amide bonds. The van der Waals surface area contributed by atoms with Gasteiger partial charge in [0.1, 0.15) is 30.0 Å². The molecule has 0 aliphatic carbocycles. The molecule has 0 spiro atoms. The maximum absolute atomic E-state index is 13.0. The zero-order valence-electron chi connectivity index (χ0n) is 22.0. The third kappa shape index (κ3) is 6.68. The van der Waals surface area contributed by atoms with Crippen LogP contribution in [0.2, 0.25) is 0 Å². The van der Waals surface area contributed by atoms with Gasteiger partial charge in [-0.3, -0.25) is 0 Å². The summed E-state index contributed by atoms with van der Waals surface area (Å²) in [7, 11) is 4.48. The molecule has 3 aromatic rings. The van der Waals surface area contributed by atoms with Crippen molar-refractivity contribution in [2.75, 3.05) is 27.9 Å². The first-order valence-corrected chi connectivity index (χ1v) is 12.2. The van der Waals surface area contributed by atoms with Crippen molar-refractivity contribution in [3.63, 3.8) is 0 Å². The number of rotatable bonds is 10. The van der Waals surface area contributed by atoms with E-state index in [-0.39, 0.29) is 16.7 Å². The third-order valence-electron chi connectivity index (χ3n) is 6.13. The number of hydrogen-bond donors (Lipinski definition) is 1. The number of carbonyl (C=O) groups excluding carboxylic acids is 3. The van der Waals surface area contributed by atoms with E-state index in [0.717, 1.165) is 0 Å². The van der Waals surface area contributed by atoms with Gasteiger partial charge in [0.15, 0.2) is 18.5 Å². The Bertz CT molecular complexity index is 1300. The van der Waals surface area contributed by atoms with Crippen LogP contribution in [0, 0.1) is 0 Å². The van der Waals surface area contributed by atoms with E-state index in [1.54, 1.807) is 36.4 Å². The molecule has 1 N–H and O–H groups in total. The lowest BCUT2D eigenvalue weighted by Gasteiger charge is -2.23. The number of ether oxygens (including phenoxy) is 7. The third-order valence-corrected chi connectivity index (χ3v) is 6.13. The topological polar surface area (TPSA) is 136 Å². The van der Waals surface area contributed by atoms with Crippen molar-refractivity contribution in [3.05, 3.63) is 89.5 Å². The van der Waals surface area contributed by atoms with Gasteiger partial charge < -0.3 is 38.3 Å². The van der Waals surface area contributed by atoms with E-state index in [2.05, 4.69) is 0 Å². The fraction of sp³-hybridized carbons (Fsp3) is 0.276. The number of carbonyl (C=O) groups is 3. The molecule has 4 unspecified atom stereocenters. The molecule has 1 aliphatic heterocycles. The molecule has 1 aliphatic rings. The predicted molar refractivity (Wildman–Crippen MR) is 139 cm³/mol. The summed E-state index contributed by atoms with van der Waals surface area (Å²) in [5.41, 5.74) is 0.590. The molecule has 11 heteroatoms. The number of methoxy groups -OCH3 is 3. The number of aliphatic hydroxyl groups excluding tert-OH is 1. The highest BCUT2D eigenvalue weighted by Crippen LogP contribution is 2.28. The fourth-order valence-corrected chi connectivity index (χ4v) is 3.92. The Morgan fingerprint density at radius 3 is 1.40 bits per heavy atom. The van der Waals surface area contributed by atoms with Gasteiger partial charge >= 0.3 is 17.9 Å². The summed E-state index contributed by atoms with van der Waals surface area (Å²) >= 11 is 0. The van der Waals surface area contributed by atoms with Crippen LogP contribution in [0.4, 0.5) is 0 Å². The Balaban J connectivity index is 1.51. The van der Waals surface area contributed by atoms with E-state index in [9.17, 15) is 19.5 Å². The average Bonchev–Trinajstić information content (AvgIpc) is 3.28. The number of esters is 3. The van der Waals surface area contributed by atoms with Gasteiger partial charge in [0.05, 0.1) is 38.0 Å². The molecule has 1 heterocycles. The van der Waals surface area contributed by atoms with Crippen molar-refractivity contribution in [1.82, 2.24) is 0 Å². The van der Waals surface area contributed by atoms with E-state index >= 15 is 0 Å². The average molecular weight is 553 g/mol. The number of benzene rings is 3. The molecule has 1 fully saturated rings. The lowest BCUT2D eigenvalue weighted by molar-refractivity contribution is -0.135. The highest BCUT2D eigenvalue weighted by molar-refractivity contribution is 5.91. The maximum atomic E-state index is 13.0. The summed E-state index contributed by atoms with van der Waals surface area (Å²) in [6, 6.07) is 18.5. The van der Waals surface area contributed by atoms with Gasteiger partial charge in [-0.2, -0.15) is 0 Å². The second kappa shape index (κ2) is 13.0. The molecule has 0 saturated carbocycles. The van der Waals surface area contributed by atoms with Gasteiger partial charge in [-0.1, -0.05) is 0 Å². The summed E-state index contributed by atoms with van der Waals surface area (Å²) in [5, 5.41) is 10.6. The molecule has 0 radical (unpaired) electrons. The molecule has 1 saturated heterocycles. The molecule has 0 aromatic heterocycles. The van der Waals surface area contributed by atoms with Crippen molar-refractivity contribution < 1.29 is 52.6 Å². The van der Waals surface area contributed by atoms with Gasteiger partial charge in [-0.05, 0) is 72.8 Å². The Morgan fingerprint density at radius 2 is 1.00 bits per heavy atom. The first-order valence-electron chi connectivity index (χ1n) is 12.2. The van der Waals surface area contributed by atoms with Gasteiger partial charge in [-0.25, -0.2) is 14.4 Å². The minimum Gasteiger partial charge on any atom is -0.497 e. The summed E-state index contributed by atoms with van der Waals surface area (Å²) in [6.07, 6.45) is -5.54. The minimum absolute atomic E-state index is 0.169. The van der Waals surface area contributed by atoms with E-state index in [1.165, 1.54) is 57.7 Å².